The van der Waals surface area contributed by atoms with E-state index in [1.807, 2.05) is 29.4 Å². The van der Waals surface area contributed by atoms with Gasteiger partial charge in [0.1, 0.15) is 5.41 Å². The monoisotopic (exact) mass is 421 g/mol. The van der Waals surface area contributed by atoms with E-state index < -0.39 is 5.41 Å². The van der Waals surface area contributed by atoms with Crippen LogP contribution in [0.1, 0.15) is 50.5 Å². The zero-order chi connectivity index (χ0) is 21.5. The number of amides is 1. The molecule has 2 saturated heterocycles. The van der Waals surface area contributed by atoms with Crippen LogP contribution >= 0.6 is 0 Å². The van der Waals surface area contributed by atoms with Crippen LogP contribution in [0.3, 0.4) is 0 Å². The number of nitriles is 1. The first-order chi connectivity index (χ1) is 15.2. The second-order valence-electron chi connectivity index (χ2n) is 9.34. The third kappa shape index (κ3) is 5.53. The highest BCUT2D eigenvalue weighted by atomic mass is 16.2. The zero-order valence-corrected chi connectivity index (χ0v) is 18.6. The Morgan fingerprint density at radius 1 is 1.03 bits per heavy atom. The maximum atomic E-state index is 13.3. The number of rotatable bonds is 6. The molecule has 4 rings (SSSR count). The van der Waals surface area contributed by atoms with Gasteiger partial charge >= 0.3 is 0 Å². The third-order valence-corrected chi connectivity index (χ3v) is 7.28. The topological polar surface area (TPSA) is 63.5 Å². The van der Waals surface area contributed by atoms with E-state index in [2.05, 4.69) is 26.9 Å². The van der Waals surface area contributed by atoms with Gasteiger partial charge in [-0.1, -0.05) is 18.1 Å². The molecule has 3 aliphatic rings. The maximum absolute atomic E-state index is 13.3. The van der Waals surface area contributed by atoms with E-state index in [0.29, 0.717) is 19.4 Å². The maximum Gasteiger partial charge on any atom is 0.243 e. The molecule has 0 saturated carbocycles. The van der Waals surface area contributed by atoms with Gasteiger partial charge in [-0.3, -0.25) is 14.7 Å². The quantitative estimate of drug-likeness (QED) is 0.660. The van der Waals surface area contributed by atoms with E-state index in [0.717, 1.165) is 45.6 Å². The average Bonchev–Trinajstić information content (AvgIpc) is 2.84. The van der Waals surface area contributed by atoms with Gasteiger partial charge in [-0.2, -0.15) is 5.26 Å². The number of pyridine rings is 1. The molecule has 0 N–H and O–H groups in total. The van der Waals surface area contributed by atoms with Gasteiger partial charge in [-0.05, 0) is 69.3 Å². The Bertz CT molecular complexity index is 801. The van der Waals surface area contributed by atoms with E-state index >= 15 is 0 Å². The molecule has 6 heteroatoms. The SMILES string of the molecule is N#CC1(C(=O)N2CC=C(CCN3CCCCC3)CC2)CCN(Cc2ccncc2)CC1. The summed E-state index contributed by atoms with van der Waals surface area (Å²) in [6, 6.07) is 6.48. The summed E-state index contributed by atoms with van der Waals surface area (Å²) in [7, 11) is 0. The summed E-state index contributed by atoms with van der Waals surface area (Å²) >= 11 is 0. The predicted molar refractivity (Wildman–Crippen MR) is 121 cm³/mol. The summed E-state index contributed by atoms with van der Waals surface area (Å²) in [6.07, 6.45) is 13.2. The molecule has 6 nitrogen and oxygen atoms in total. The Hall–Kier alpha value is -2.23. The molecule has 0 bridgehead atoms. The van der Waals surface area contributed by atoms with E-state index in [4.69, 9.17) is 0 Å². The van der Waals surface area contributed by atoms with Crippen LogP contribution in [-0.4, -0.2) is 71.4 Å². The smallest absolute Gasteiger partial charge is 0.243 e. The van der Waals surface area contributed by atoms with Crippen molar-refractivity contribution in [1.82, 2.24) is 19.7 Å². The van der Waals surface area contributed by atoms with Crippen LogP contribution in [0.15, 0.2) is 36.2 Å². The van der Waals surface area contributed by atoms with Crippen molar-refractivity contribution in [2.45, 2.75) is 51.5 Å². The first-order valence-electron chi connectivity index (χ1n) is 11.9. The lowest BCUT2D eigenvalue weighted by molar-refractivity contribution is -0.141. The van der Waals surface area contributed by atoms with Gasteiger partial charge in [-0.15, -0.1) is 0 Å². The van der Waals surface area contributed by atoms with Crippen LogP contribution in [0, 0.1) is 16.7 Å². The number of likely N-dealkylation sites (tertiary alicyclic amines) is 2. The second-order valence-corrected chi connectivity index (χ2v) is 9.34. The Labute approximate surface area is 186 Å². The Morgan fingerprint density at radius 2 is 1.77 bits per heavy atom. The molecule has 3 aliphatic heterocycles. The summed E-state index contributed by atoms with van der Waals surface area (Å²) in [5, 5.41) is 9.95. The summed E-state index contributed by atoms with van der Waals surface area (Å²) < 4.78 is 0. The van der Waals surface area contributed by atoms with Crippen LogP contribution in [0.2, 0.25) is 0 Å². The molecule has 1 aromatic rings. The van der Waals surface area contributed by atoms with E-state index in [-0.39, 0.29) is 5.91 Å². The van der Waals surface area contributed by atoms with Crippen molar-refractivity contribution in [2.75, 3.05) is 45.8 Å². The molecule has 1 amide bonds. The fraction of sp³-hybridized carbons (Fsp3) is 0.640. The van der Waals surface area contributed by atoms with Crippen molar-refractivity contribution in [2.24, 2.45) is 5.41 Å². The first-order valence-corrected chi connectivity index (χ1v) is 11.9. The van der Waals surface area contributed by atoms with Gasteiger partial charge in [-0.25, -0.2) is 0 Å². The fourth-order valence-corrected chi connectivity index (χ4v) is 5.12. The number of aromatic nitrogens is 1. The van der Waals surface area contributed by atoms with Crippen molar-refractivity contribution in [1.29, 1.82) is 5.26 Å². The molecule has 0 spiro atoms. The largest absolute Gasteiger partial charge is 0.337 e. The first kappa shape index (κ1) is 22.0. The Kier molecular flexibility index (Phi) is 7.37. The molecule has 0 radical (unpaired) electrons. The van der Waals surface area contributed by atoms with Crippen molar-refractivity contribution in [3.8, 4) is 6.07 Å². The predicted octanol–water partition coefficient (Wildman–Crippen LogP) is 3.22. The minimum Gasteiger partial charge on any atom is -0.337 e. The standard InChI is InChI=1S/C25H35N5O/c26-21-25(9-18-29(19-10-25)20-23-4-11-27-12-5-23)24(31)30-16-7-22(8-17-30)6-15-28-13-2-1-3-14-28/h4-5,7,11-12H,1-3,6,8-10,13-20H2. The van der Waals surface area contributed by atoms with Crippen LogP contribution in [0.25, 0.3) is 0 Å². The fourth-order valence-electron chi connectivity index (χ4n) is 5.12. The summed E-state index contributed by atoms with van der Waals surface area (Å²) in [6.45, 7) is 7.47. The van der Waals surface area contributed by atoms with Crippen molar-refractivity contribution in [3.63, 3.8) is 0 Å². The molecule has 1 aromatic heterocycles. The highest BCUT2D eigenvalue weighted by Crippen LogP contribution is 2.34. The van der Waals surface area contributed by atoms with Gasteiger partial charge in [0.05, 0.1) is 6.07 Å². The van der Waals surface area contributed by atoms with Gasteiger partial charge in [0, 0.05) is 51.7 Å². The van der Waals surface area contributed by atoms with Gasteiger partial charge < -0.3 is 9.80 Å². The molecule has 2 fully saturated rings. The number of carbonyl (C=O) groups is 1. The van der Waals surface area contributed by atoms with Crippen LogP contribution in [-0.2, 0) is 11.3 Å². The normalized spacial score (nSPS) is 22.5. The molecular weight excluding hydrogens is 386 g/mol. The highest BCUT2D eigenvalue weighted by molar-refractivity contribution is 5.86. The van der Waals surface area contributed by atoms with Crippen LogP contribution in [0.5, 0.6) is 0 Å². The van der Waals surface area contributed by atoms with Gasteiger partial charge in [0.15, 0.2) is 0 Å². The summed E-state index contributed by atoms with van der Waals surface area (Å²) in [4.78, 5) is 24.2. The Morgan fingerprint density at radius 3 is 2.42 bits per heavy atom. The minimum absolute atomic E-state index is 0.0462. The number of nitrogens with zero attached hydrogens (tertiary/aromatic N) is 5. The summed E-state index contributed by atoms with van der Waals surface area (Å²) in [5.74, 6) is 0.0462. The van der Waals surface area contributed by atoms with E-state index in [9.17, 15) is 10.1 Å². The summed E-state index contributed by atoms with van der Waals surface area (Å²) in [5.41, 5.74) is 1.85. The van der Waals surface area contributed by atoms with Crippen molar-refractivity contribution >= 4 is 5.91 Å². The van der Waals surface area contributed by atoms with Crippen molar-refractivity contribution in [3.05, 3.63) is 41.7 Å². The number of carbonyl (C=O) groups excluding carboxylic acids is 1. The lowest BCUT2D eigenvalue weighted by Crippen LogP contribution is -2.50. The molecule has 0 unspecified atom stereocenters. The highest BCUT2D eigenvalue weighted by Gasteiger charge is 2.44. The van der Waals surface area contributed by atoms with Crippen LogP contribution < -0.4 is 0 Å². The Balaban J connectivity index is 1.27. The number of piperidine rings is 2. The van der Waals surface area contributed by atoms with Gasteiger partial charge in [0.25, 0.3) is 0 Å². The molecular formula is C25H35N5O. The molecule has 0 atom stereocenters. The van der Waals surface area contributed by atoms with E-state index in [1.54, 1.807) is 0 Å². The molecule has 4 heterocycles. The van der Waals surface area contributed by atoms with Crippen LogP contribution in [0.4, 0.5) is 0 Å². The minimum atomic E-state index is -0.853. The average molecular weight is 422 g/mol. The molecule has 31 heavy (non-hydrogen) atoms. The second kappa shape index (κ2) is 10.4. The number of hydrogen-bond acceptors (Lipinski definition) is 5. The number of hydrogen-bond donors (Lipinski definition) is 0. The van der Waals surface area contributed by atoms with Crippen molar-refractivity contribution < 1.29 is 4.79 Å². The molecule has 166 valence electrons. The van der Waals surface area contributed by atoms with E-state index in [1.165, 1.54) is 43.5 Å². The lowest BCUT2D eigenvalue weighted by atomic mass is 9.78. The molecule has 0 aliphatic carbocycles. The third-order valence-electron chi connectivity index (χ3n) is 7.28. The molecule has 0 aromatic carbocycles. The lowest BCUT2D eigenvalue weighted by Gasteiger charge is -2.40. The zero-order valence-electron chi connectivity index (χ0n) is 18.6. The van der Waals surface area contributed by atoms with Gasteiger partial charge in [0.2, 0.25) is 5.91 Å².